The summed E-state index contributed by atoms with van der Waals surface area (Å²) in [6, 6.07) is 17.5. The monoisotopic (exact) mass is 389 g/mol. The molecule has 29 heavy (non-hydrogen) atoms. The van der Waals surface area contributed by atoms with Gasteiger partial charge in [-0.25, -0.2) is 5.01 Å². The van der Waals surface area contributed by atoms with E-state index < -0.39 is 0 Å². The van der Waals surface area contributed by atoms with Gasteiger partial charge >= 0.3 is 0 Å². The van der Waals surface area contributed by atoms with E-state index in [9.17, 15) is 4.79 Å². The molecule has 1 aliphatic carbocycles. The molecule has 1 aliphatic heterocycles. The van der Waals surface area contributed by atoms with Crippen LogP contribution in [0.2, 0.25) is 0 Å². The van der Waals surface area contributed by atoms with E-state index in [0.29, 0.717) is 6.04 Å². The molecule has 0 spiro atoms. The van der Waals surface area contributed by atoms with Crippen LogP contribution in [0.15, 0.2) is 53.6 Å². The Hall–Kier alpha value is -2.46. The Morgan fingerprint density at radius 1 is 1.03 bits per heavy atom. The van der Waals surface area contributed by atoms with Crippen LogP contribution >= 0.6 is 0 Å². The van der Waals surface area contributed by atoms with Gasteiger partial charge in [0, 0.05) is 18.8 Å². The highest BCUT2D eigenvalue weighted by molar-refractivity contribution is 6.08. The quantitative estimate of drug-likeness (QED) is 0.696. The van der Waals surface area contributed by atoms with E-state index in [-0.39, 0.29) is 11.8 Å². The highest BCUT2D eigenvalue weighted by Gasteiger charge is 2.29. The number of hydrogen-bond acceptors (Lipinski definition) is 3. The minimum atomic E-state index is -0.156. The second-order valence-electron chi connectivity index (χ2n) is 8.49. The molecule has 2 aromatic rings. The van der Waals surface area contributed by atoms with Crippen molar-refractivity contribution < 1.29 is 4.79 Å². The van der Waals surface area contributed by atoms with Crippen molar-refractivity contribution in [2.45, 2.75) is 58.0 Å². The predicted molar refractivity (Wildman–Crippen MR) is 119 cm³/mol. The molecule has 0 N–H and O–H groups in total. The maximum Gasteiger partial charge on any atom is 0.255 e. The second-order valence-corrected chi connectivity index (χ2v) is 8.49. The summed E-state index contributed by atoms with van der Waals surface area (Å²) in [7, 11) is 2.23. The van der Waals surface area contributed by atoms with Crippen molar-refractivity contribution in [1.82, 2.24) is 4.90 Å². The minimum absolute atomic E-state index is 0.0587. The number of benzene rings is 2. The van der Waals surface area contributed by atoms with Gasteiger partial charge in [-0.05, 0) is 56.0 Å². The summed E-state index contributed by atoms with van der Waals surface area (Å²) in [6.07, 6.45) is 9.15. The summed E-state index contributed by atoms with van der Waals surface area (Å²) in [6.45, 7) is 2.75. The lowest BCUT2D eigenvalue weighted by Crippen LogP contribution is -2.34. The Morgan fingerprint density at radius 3 is 2.48 bits per heavy atom. The van der Waals surface area contributed by atoms with Crippen LogP contribution in [-0.2, 0) is 17.8 Å². The van der Waals surface area contributed by atoms with Crippen LogP contribution < -0.4 is 5.01 Å². The fraction of sp³-hybridized carbons (Fsp3) is 0.440. The molecule has 1 atom stereocenters. The topological polar surface area (TPSA) is 35.9 Å². The number of nitrogens with zero attached hydrogens (tertiary/aromatic N) is 3. The molecule has 1 unspecified atom stereocenters. The molecule has 4 heteroatoms. The Kier molecular flexibility index (Phi) is 6.10. The van der Waals surface area contributed by atoms with Crippen LogP contribution in [0.3, 0.4) is 0 Å². The van der Waals surface area contributed by atoms with E-state index in [4.69, 9.17) is 0 Å². The minimum Gasteiger partial charge on any atom is -0.299 e. The fourth-order valence-corrected chi connectivity index (χ4v) is 4.54. The fourth-order valence-electron chi connectivity index (χ4n) is 4.54. The van der Waals surface area contributed by atoms with Gasteiger partial charge in [0.15, 0.2) is 0 Å². The molecule has 1 heterocycles. The summed E-state index contributed by atoms with van der Waals surface area (Å²) in [5.41, 5.74) is 4.73. The predicted octanol–water partition coefficient (Wildman–Crippen LogP) is 5.01. The Bertz CT molecular complexity index is 871. The first kappa shape index (κ1) is 19.8. The Morgan fingerprint density at radius 2 is 1.79 bits per heavy atom. The molecule has 0 aromatic heterocycles. The number of hydrogen-bond donors (Lipinski definition) is 0. The van der Waals surface area contributed by atoms with Gasteiger partial charge in [0.25, 0.3) is 5.91 Å². The molecule has 4 rings (SSSR count). The zero-order valence-corrected chi connectivity index (χ0v) is 17.6. The lowest BCUT2D eigenvalue weighted by atomic mass is 9.93. The van der Waals surface area contributed by atoms with Crippen molar-refractivity contribution in [1.29, 1.82) is 0 Å². The molecule has 1 amide bonds. The maximum absolute atomic E-state index is 12.7. The first-order chi connectivity index (χ1) is 14.1. The van der Waals surface area contributed by atoms with Gasteiger partial charge < -0.3 is 0 Å². The van der Waals surface area contributed by atoms with Crippen molar-refractivity contribution in [2.24, 2.45) is 11.0 Å². The van der Waals surface area contributed by atoms with Gasteiger partial charge in [-0.15, -0.1) is 0 Å². The zero-order chi connectivity index (χ0) is 20.2. The molecule has 1 saturated carbocycles. The van der Waals surface area contributed by atoms with Crippen molar-refractivity contribution in [3.8, 4) is 0 Å². The van der Waals surface area contributed by atoms with Gasteiger partial charge in [0.1, 0.15) is 0 Å². The molecule has 4 nitrogen and oxygen atoms in total. The van der Waals surface area contributed by atoms with E-state index in [0.717, 1.165) is 18.7 Å². The average molecular weight is 390 g/mol. The first-order valence-electron chi connectivity index (χ1n) is 10.9. The van der Waals surface area contributed by atoms with Gasteiger partial charge in [-0.1, -0.05) is 61.7 Å². The third-order valence-corrected chi connectivity index (χ3v) is 6.32. The second kappa shape index (κ2) is 8.91. The molecule has 1 fully saturated rings. The van der Waals surface area contributed by atoms with Crippen molar-refractivity contribution in [3.63, 3.8) is 0 Å². The Balaban J connectivity index is 1.68. The number of hydrazone groups is 1. The van der Waals surface area contributed by atoms with Gasteiger partial charge in [-0.2, -0.15) is 5.10 Å². The average Bonchev–Trinajstić information content (AvgIpc) is 3.09. The molecule has 0 saturated heterocycles. The third-order valence-electron chi connectivity index (χ3n) is 6.32. The number of amides is 1. The van der Waals surface area contributed by atoms with Gasteiger partial charge in [0.2, 0.25) is 0 Å². The summed E-state index contributed by atoms with van der Waals surface area (Å²) < 4.78 is 0. The summed E-state index contributed by atoms with van der Waals surface area (Å²) in [5.74, 6) is -0.0971. The van der Waals surface area contributed by atoms with E-state index in [1.807, 2.05) is 13.0 Å². The molecular weight excluding hydrogens is 358 g/mol. The van der Waals surface area contributed by atoms with Crippen LogP contribution in [0.1, 0.15) is 55.7 Å². The van der Waals surface area contributed by atoms with E-state index in [2.05, 4.69) is 59.5 Å². The zero-order valence-electron chi connectivity index (χ0n) is 17.6. The maximum atomic E-state index is 12.7. The molecule has 0 radical (unpaired) electrons. The number of anilines is 1. The normalized spacial score (nSPS) is 20.0. The van der Waals surface area contributed by atoms with Gasteiger partial charge in [0.05, 0.1) is 11.6 Å². The molecule has 2 aromatic carbocycles. The van der Waals surface area contributed by atoms with E-state index in [1.54, 1.807) is 11.2 Å². The Labute approximate surface area is 174 Å². The van der Waals surface area contributed by atoms with Crippen LogP contribution in [0.4, 0.5) is 5.69 Å². The van der Waals surface area contributed by atoms with Gasteiger partial charge in [-0.3, -0.25) is 9.69 Å². The molecular formula is C25H31N3O. The highest BCUT2D eigenvalue weighted by Crippen LogP contribution is 2.32. The molecule has 152 valence electrons. The van der Waals surface area contributed by atoms with Crippen LogP contribution in [0.25, 0.3) is 0 Å². The smallest absolute Gasteiger partial charge is 0.255 e. The van der Waals surface area contributed by atoms with Crippen molar-refractivity contribution in [3.05, 3.63) is 65.2 Å². The number of carbonyl (C=O) groups excluding carboxylic acids is 1. The van der Waals surface area contributed by atoms with E-state index >= 15 is 0 Å². The number of carbonyl (C=O) groups is 1. The summed E-state index contributed by atoms with van der Waals surface area (Å²) >= 11 is 0. The largest absolute Gasteiger partial charge is 0.299 e. The third kappa shape index (κ3) is 4.43. The van der Waals surface area contributed by atoms with E-state index in [1.165, 1.54) is 48.8 Å². The highest BCUT2D eigenvalue weighted by atomic mass is 16.2. The standard InChI is InChI=1S/C25H31N3O/c1-19-17-26-28(25(19)29)24-15-9-12-21(16-20-10-5-3-6-11-20)23(24)18-27(2)22-13-7-4-8-14-22/h3,5-6,9-12,15,17,19,22H,4,7-8,13-14,16,18H2,1-2H3. The van der Waals surface area contributed by atoms with Crippen LogP contribution in [0.5, 0.6) is 0 Å². The lowest BCUT2D eigenvalue weighted by molar-refractivity contribution is -0.119. The first-order valence-corrected chi connectivity index (χ1v) is 10.9. The van der Waals surface area contributed by atoms with Crippen LogP contribution in [0, 0.1) is 5.92 Å². The van der Waals surface area contributed by atoms with Crippen LogP contribution in [-0.4, -0.2) is 30.1 Å². The summed E-state index contributed by atoms with van der Waals surface area (Å²) in [5, 5.41) is 6.05. The SMILES string of the molecule is CC1C=NN(c2cccc(Cc3ccccc3)c2CN(C)C2CCCCC2)C1=O. The van der Waals surface area contributed by atoms with Crippen molar-refractivity contribution in [2.75, 3.05) is 12.1 Å². The number of rotatable bonds is 6. The summed E-state index contributed by atoms with van der Waals surface area (Å²) in [4.78, 5) is 15.2. The lowest BCUT2D eigenvalue weighted by Gasteiger charge is -2.33. The molecule has 0 bridgehead atoms. The van der Waals surface area contributed by atoms with Crippen molar-refractivity contribution >= 4 is 17.8 Å². The molecule has 2 aliphatic rings.